The number of ether oxygens (including phenoxy) is 1. The van der Waals surface area contributed by atoms with Gasteiger partial charge < -0.3 is 9.84 Å². The summed E-state index contributed by atoms with van der Waals surface area (Å²) in [6, 6.07) is 18.2. The maximum atomic E-state index is 13.4. The molecule has 0 saturated heterocycles. The average molecular weight is 450 g/mol. The van der Waals surface area contributed by atoms with Gasteiger partial charge in [-0.05, 0) is 55.5 Å². The molecule has 5 nitrogen and oxygen atoms in total. The monoisotopic (exact) mass is 449 g/mol. The van der Waals surface area contributed by atoms with Crippen LogP contribution in [0.3, 0.4) is 0 Å². The Morgan fingerprint density at radius 1 is 1.03 bits per heavy atom. The van der Waals surface area contributed by atoms with Gasteiger partial charge in [0.15, 0.2) is 0 Å². The van der Waals surface area contributed by atoms with Gasteiger partial charge in [0.25, 0.3) is 10.0 Å². The maximum absolute atomic E-state index is 13.4. The van der Waals surface area contributed by atoms with Crippen molar-refractivity contribution in [2.24, 2.45) is 0 Å². The van der Waals surface area contributed by atoms with Crippen molar-refractivity contribution < 1.29 is 22.7 Å². The zero-order valence-corrected chi connectivity index (χ0v) is 17.8. The topological polar surface area (TPSA) is 66.8 Å². The second-order valence-electron chi connectivity index (χ2n) is 6.72. The molecule has 0 aliphatic heterocycles. The number of halogens is 2. The summed E-state index contributed by atoms with van der Waals surface area (Å²) in [6.07, 6.45) is -1.16. The number of nitrogens with zero attached hydrogens (tertiary/aromatic N) is 1. The molecule has 158 valence electrons. The van der Waals surface area contributed by atoms with E-state index in [-0.39, 0.29) is 23.7 Å². The first kappa shape index (κ1) is 22.1. The van der Waals surface area contributed by atoms with Crippen LogP contribution in [0, 0.1) is 12.7 Å². The van der Waals surface area contributed by atoms with Crippen molar-refractivity contribution in [3.8, 4) is 5.75 Å². The van der Waals surface area contributed by atoms with Crippen LogP contribution in [0.5, 0.6) is 5.75 Å². The van der Waals surface area contributed by atoms with Gasteiger partial charge in [-0.1, -0.05) is 41.4 Å². The molecular formula is C22H21ClFNO4S. The van der Waals surface area contributed by atoms with Crippen LogP contribution >= 0.6 is 11.6 Å². The van der Waals surface area contributed by atoms with E-state index < -0.39 is 21.9 Å². The van der Waals surface area contributed by atoms with E-state index in [2.05, 4.69) is 0 Å². The minimum Gasteiger partial charge on any atom is -0.489 e. The molecule has 1 N–H and O–H groups in total. The highest BCUT2D eigenvalue weighted by Gasteiger charge is 2.27. The van der Waals surface area contributed by atoms with E-state index in [1.165, 1.54) is 36.4 Å². The van der Waals surface area contributed by atoms with E-state index in [0.29, 0.717) is 10.8 Å². The first-order valence-corrected chi connectivity index (χ1v) is 11.0. The Labute approximate surface area is 180 Å². The highest BCUT2D eigenvalue weighted by Crippen LogP contribution is 2.26. The number of benzene rings is 3. The number of anilines is 1. The normalized spacial score (nSPS) is 12.4. The summed E-state index contributed by atoms with van der Waals surface area (Å²) in [5.41, 5.74) is 1.14. The van der Waals surface area contributed by atoms with Gasteiger partial charge in [0, 0.05) is 0 Å². The Kier molecular flexibility index (Phi) is 6.97. The molecule has 0 radical (unpaired) electrons. The van der Waals surface area contributed by atoms with Gasteiger partial charge in [-0.25, -0.2) is 12.8 Å². The third kappa shape index (κ3) is 5.30. The van der Waals surface area contributed by atoms with Crippen LogP contribution in [-0.4, -0.2) is 32.8 Å². The lowest BCUT2D eigenvalue weighted by atomic mass is 10.2. The van der Waals surface area contributed by atoms with E-state index in [0.717, 1.165) is 9.87 Å². The Bertz CT molecular complexity index is 1090. The number of aliphatic hydroxyl groups excluding tert-OH is 1. The predicted octanol–water partition coefficient (Wildman–Crippen LogP) is 4.42. The van der Waals surface area contributed by atoms with Gasteiger partial charge >= 0.3 is 0 Å². The molecule has 3 aromatic rings. The molecule has 3 rings (SSSR count). The molecule has 0 spiro atoms. The van der Waals surface area contributed by atoms with Crippen molar-refractivity contribution in [3.63, 3.8) is 0 Å². The number of para-hydroxylation sites is 1. The molecule has 0 aliphatic rings. The lowest BCUT2D eigenvalue weighted by molar-refractivity contribution is 0.115. The first-order valence-electron chi connectivity index (χ1n) is 9.18. The van der Waals surface area contributed by atoms with Gasteiger partial charge in [-0.3, -0.25) is 4.31 Å². The van der Waals surface area contributed by atoms with E-state index in [9.17, 15) is 17.9 Å². The lowest BCUT2D eigenvalue weighted by Gasteiger charge is -2.27. The second-order valence-corrected chi connectivity index (χ2v) is 8.99. The van der Waals surface area contributed by atoms with Crippen molar-refractivity contribution >= 4 is 27.3 Å². The molecule has 8 heteroatoms. The predicted molar refractivity (Wildman–Crippen MR) is 115 cm³/mol. The summed E-state index contributed by atoms with van der Waals surface area (Å²) in [6.45, 7) is 1.39. The molecule has 30 heavy (non-hydrogen) atoms. The van der Waals surface area contributed by atoms with Crippen LogP contribution in [0.4, 0.5) is 10.1 Å². The molecule has 1 atom stereocenters. The number of hydrogen-bond acceptors (Lipinski definition) is 4. The maximum Gasteiger partial charge on any atom is 0.264 e. The van der Waals surface area contributed by atoms with Gasteiger partial charge in [0.1, 0.15) is 24.3 Å². The second kappa shape index (κ2) is 9.47. The van der Waals surface area contributed by atoms with Gasteiger partial charge in [-0.2, -0.15) is 0 Å². The van der Waals surface area contributed by atoms with Crippen molar-refractivity contribution in [3.05, 3.63) is 89.2 Å². The van der Waals surface area contributed by atoms with E-state index in [1.807, 2.05) is 6.92 Å². The molecule has 0 amide bonds. The summed E-state index contributed by atoms with van der Waals surface area (Å²) in [5.74, 6) is -0.109. The fraction of sp³-hybridized carbons (Fsp3) is 0.182. The molecule has 0 fully saturated rings. The summed E-state index contributed by atoms with van der Waals surface area (Å²) < 4.78 is 46.4. The third-order valence-electron chi connectivity index (χ3n) is 4.37. The number of hydrogen-bond donors (Lipinski definition) is 1. The van der Waals surface area contributed by atoms with Gasteiger partial charge in [0.05, 0.1) is 22.2 Å². The fourth-order valence-electron chi connectivity index (χ4n) is 2.78. The number of aryl methyl sites for hydroxylation is 1. The first-order chi connectivity index (χ1) is 14.3. The van der Waals surface area contributed by atoms with Crippen molar-refractivity contribution in [2.75, 3.05) is 17.5 Å². The van der Waals surface area contributed by atoms with Gasteiger partial charge in [-0.15, -0.1) is 0 Å². The Hall–Kier alpha value is -2.61. The number of sulfonamides is 1. The van der Waals surface area contributed by atoms with Crippen molar-refractivity contribution in [1.29, 1.82) is 0 Å². The minimum absolute atomic E-state index is 0.0663. The van der Waals surface area contributed by atoms with Crippen molar-refractivity contribution in [1.82, 2.24) is 0 Å². The molecule has 0 aromatic heterocycles. The Morgan fingerprint density at radius 3 is 2.30 bits per heavy atom. The van der Waals surface area contributed by atoms with Crippen LogP contribution < -0.4 is 9.04 Å². The van der Waals surface area contributed by atoms with Crippen LogP contribution in [0.25, 0.3) is 0 Å². The minimum atomic E-state index is -4.00. The average Bonchev–Trinajstić information content (AvgIpc) is 2.72. The molecule has 0 heterocycles. The highest BCUT2D eigenvalue weighted by atomic mass is 35.5. The molecule has 3 aromatic carbocycles. The van der Waals surface area contributed by atoms with E-state index in [1.54, 1.807) is 36.4 Å². The summed E-state index contributed by atoms with van der Waals surface area (Å²) in [7, 11) is -4.00. The Balaban J connectivity index is 1.85. The van der Waals surface area contributed by atoms with Crippen molar-refractivity contribution in [2.45, 2.75) is 17.9 Å². The third-order valence-corrected chi connectivity index (χ3v) is 6.49. The van der Waals surface area contributed by atoms with E-state index >= 15 is 0 Å². The summed E-state index contributed by atoms with van der Waals surface area (Å²) >= 11 is 6.04. The van der Waals surface area contributed by atoms with E-state index in [4.69, 9.17) is 16.3 Å². The number of aliphatic hydroxyl groups is 1. The zero-order valence-electron chi connectivity index (χ0n) is 16.2. The molecule has 0 saturated carbocycles. The molecule has 1 unspecified atom stereocenters. The van der Waals surface area contributed by atoms with Gasteiger partial charge in [0.2, 0.25) is 0 Å². The van der Waals surface area contributed by atoms with Crippen LogP contribution in [0.1, 0.15) is 5.56 Å². The Morgan fingerprint density at radius 2 is 1.67 bits per heavy atom. The summed E-state index contributed by atoms with van der Waals surface area (Å²) in [5, 5.41) is 10.9. The lowest BCUT2D eigenvalue weighted by Crippen LogP contribution is -2.40. The van der Waals surface area contributed by atoms with Crippen LogP contribution in [0.15, 0.2) is 77.7 Å². The van der Waals surface area contributed by atoms with Crippen LogP contribution in [-0.2, 0) is 10.0 Å². The highest BCUT2D eigenvalue weighted by molar-refractivity contribution is 7.92. The smallest absolute Gasteiger partial charge is 0.264 e. The summed E-state index contributed by atoms with van der Waals surface area (Å²) in [4.78, 5) is 0.0663. The fourth-order valence-corrected chi connectivity index (χ4v) is 4.47. The number of rotatable bonds is 8. The standard InChI is InChI=1S/C22H21ClFNO4S/c1-16-6-12-20(13-7-16)30(27,28)25(18-10-8-17(24)9-11-18)14-19(26)15-29-22-5-3-2-4-21(22)23/h2-13,19,26H,14-15H2,1H3. The SMILES string of the molecule is Cc1ccc(S(=O)(=O)N(CC(O)COc2ccccc2Cl)c2ccc(F)cc2)cc1. The van der Waals surface area contributed by atoms with Crippen LogP contribution in [0.2, 0.25) is 5.02 Å². The molecule has 0 aliphatic carbocycles. The quantitative estimate of drug-likeness (QED) is 0.552. The molecular weight excluding hydrogens is 429 g/mol. The zero-order chi connectivity index (χ0) is 21.7. The largest absolute Gasteiger partial charge is 0.489 e. The molecule has 0 bridgehead atoms.